The van der Waals surface area contributed by atoms with Crippen molar-refractivity contribution in [3.8, 4) is 22.6 Å². The fourth-order valence-electron chi connectivity index (χ4n) is 1.54. The summed E-state index contributed by atoms with van der Waals surface area (Å²) in [6.45, 7) is 0. The fourth-order valence-corrected chi connectivity index (χ4v) is 1.54. The highest BCUT2D eigenvalue weighted by Gasteiger charge is 2.26. The van der Waals surface area contributed by atoms with E-state index in [-0.39, 0.29) is 0 Å². The molecule has 0 aliphatic carbocycles. The van der Waals surface area contributed by atoms with Gasteiger partial charge in [-0.25, -0.2) is 13.2 Å². The topological polar surface area (TPSA) is 40.5 Å². The Balaban J connectivity index is 2.79. The third kappa shape index (κ3) is 1.96. The monoisotopic (exact) mass is 276 g/mol. The summed E-state index contributed by atoms with van der Waals surface area (Å²) in [7, 11) is 0. The molecule has 0 aromatic heterocycles. The van der Waals surface area contributed by atoms with Crippen LogP contribution in [0.25, 0.3) is 11.1 Å². The van der Waals surface area contributed by atoms with Crippen molar-refractivity contribution in [1.29, 1.82) is 0 Å². The molecule has 7 heteroatoms. The Labute approximate surface area is 103 Å². The molecule has 0 unspecified atom stereocenters. The predicted octanol–water partition coefficient (Wildman–Crippen LogP) is 3.46. The molecule has 0 amide bonds. The van der Waals surface area contributed by atoms with E-state index in [0.717, 1.165) is 12.1 Å². The van der Waals surface area contributed by atoms with Crippen LogP contribution in [0.15, 0.2) is 18.2 Å². The summed E-state index contributed by atoms with van der Waals surface area (Å²) in [5.41, 5.74) is -1.70. The van der Waals surface area contributed by atoms with Gasteiger partial charge >= 0.3 is 0 Å². The molecule has 0 saturated heterocycles. The number of halogens is 5. The van der Waals surface area contributed by atoms with E-state index in [2.05, 4.69) is 0 Å². The van der Waals surface area contributed by atoms with Crippen LogP contribution in [0, 0.1) is 29.1 Å². The first-order chi connectivity index (χ1) is 8.84. The summed E-state index contributed by atoms with van der Waals surface area (Å²) in [5.74, 6) is -11.5. The molecule has 2 aromatic carbocycles. The summed E-state index contributed by atoms with van der Waals surface area (Å²) >= 11 is 0. The van der Waals surface area contributed by atoms with Crippen LogP contribution >= 0.6 is 0 Å². The van der Waals surface area contributed by atoms with Gasteiger partial charge in [-0.2, -0.15) is 8.78 Å². The van der Waals surface area contributed by atoms with E-state index >= 15 is 0 Å². The van der Waals surface area contributed by atoms with E-state index in [1.54, 1.807) is 0 Å². The van der Waals surface area contributed by atoms with Crippen LogP contribution in [-0.4, -0.2) is 10.2 Å². The molecule has 0 spiro atoms. The van der Waals surface area contributed by atoms with Crippen molar-refractivity contribution in [2.24, 2.45) is 0 Å². The number of hydrogen-bond acceptors (Lipinski definition) is 2. The smallest absolute Gasteiger partial charge is 0.204 e. The molecule has 0 fully saturated rings. The lowest BCUT2D eigenvalue weighted by Gasteiger charge is -2.09. The number of benzene rings is 2. The Bertz CT molecular complexity index is 641. The highest BCUT2D eigenvalue weighted by molar-refractivity contribution is 5.67. The van der Waals surface area contributed by atoms with Gasteiger partial charge in [-0.3, -0.25) is 0 Å². The molecule has 2 rings (SSSR count). The molecule has 0 radical (unpaired) electrons. The van der Waals surface area contributed by atoms with Crippen molar-refractivity contribution in [2.45, 2.75) is 0 Å². The Kier molecular flexibility index (Phi) is 3.05. The number of hydrogen-bond donors (Lipinski definition) is 2. The number of phenols is 2. The molecule has 0 aliphatic heterocycles. The van der Waals surface area contributed by atoms with Crippen LogP contribution in [0.5, 0.6) is 11.5 Å². The minimum absolute atomic E-state index is 0.507. The molecule has 0 aliphatic rings. The van der Waals surface area contributed by atoms with Crippen LogP contribution in [0.3, 0.4) is 0 Å². The molecule has 2 N–H and O–H groups in total. The molecule has 0 atom stereocenters. The zero-order chi connectivity index (χ0) is 14.3. The van der Waals surface area contributed by atoms with Gasteiger partial charge in [-0.05, 0) is 17.7 Å². The van der Waals surface area contributed by atoms with Crippen molar-refractivity contribution >= 4 is 0 Å². The molecule has 2 nitrogen and oxygen atoms in total. The number of rotatable bonds is 1. The van der Waals surface area contributed by atoms with Gasteiger partial charge in [0.1, 0.15) is 0 Å². The van der Waals surface area contributed by atoms with Crippen LogP contribution in [-0.2, 0) is 0 Å². The summed E-state index contributed by atoms with van der Waals surface area (Å²) < 4.78 is 66.3. The molecule has 19 heavy (non-hydrogen) atoms. The predicted molar refractivity (Wildman–Crippen MR) is 55.0 cm³/mol. The van der Waals surface area contributed by atoms with Gasteiger partial charge in [-0.15, -0.1) is 0 Å². The van der Waals surface area contributed by atoms with E-state index < -0.39 is 51.7 Å². The summed E-state index contributed by atoms with van der Waals surface area (Å²) in [6, 6.07) is 2.15. The van der Waals surface area contributed by atoms with Crippen molar-refractivity contribution < 1.29 is 32.2 Å². The van der Waals surface area contributed by atoms with Gasteiger partial charge in [0.05, 0.1) is 5.56 Å². The molecule has 2 aromatic rings. The average Bonchev–Trinajstić information content (AvgIpc) is 2.38. The van der Waals surface area contributed by atoms with Gasteiger partial charge in [0.25, 0.3) is 0 Å². The highest BCUT2D eigenvalue weighted by atomic mass is 19.2. The summed E-state index contributed by atoms with van der Waals surface area (Å²) in [6.07, 6.45) is 0. The van der Waals surface area contributed by atoms with E-state index in [1.807, 2.05) is 0 Å². The van der Waals surface area contributed by atoms with E-state index in [4.69, 9.17) is 10.2 Å². The first-order valence-electron chi connectivity index (χ1n) is 4.88. The maximum Gasteiger partial charge on any atom is 0.204 e. The fraction of sp³-hybridized carbons (Fsp3) is 0. The molecule has 0 heterocycles. The van der Waals surface area contributed by atoms with Crippen LogP contribution in [0.2, 0.25) is 0 Å². The second-order valence-corrected chi connectivity index (χ2v) is 3.65. The molecule has 0 bridgehead atoms. The Morgan fingerprint density at radius 2 is 1.26 bits per heavy atom. The minimum atomic E-state index is -1.98. The third-order valence-corrected chi connectivity index (χ3v) is 2.48. The van der Waals surface area contributed by atoms with E-state index in [1.165, 1.54) is 0 Å². The van der Waals surface area contributed by atoms with Crippen molar-refractivity contribution in [3.63, 3.8) is 0 Å². The van der Waals surface area contributed by atoms with Crippen LogP contribution in [0.1, 0.15) is 0 Å². The zero-order valence-corrected chi connectivity index (χ0v) is 9.02. The first-order valence-corrected chi connectivity index (χ1v) is 4.88. The van der Waals surface area contributed by atoms with Gasteiger partial charge in [0.2, 0.25) is 11.6 Å². The first kappa shape index (κ1) is 13.1. The second-order valence-electron chi connectivity index (χ2n) is 3.65. The second kappa shape index (κ2) is 4.42. The lowest BCUT2D eigenvalue weighted by atomic mass is 10.0. The van der Waals surface area contributed by atoms with E-state index in [9.17, 15) is 22.0 Å². The van der Waals surface area contributed by atoms with Crippen LogP contribution in [0.4, 0.5) is 22.0 Å². The molecule has 0 saturated carbocycles. The standard InChI is InChI=1S/C12H5F5O2/c13-5-3-4(1-2-6(5)18)7-8(14)10(16)12(19)11(17)9(7)15/h1-3,18-19H. The largest absolute Gasteiger partial charge is 0.505 e. The van der Waals surface area contributed by atoms with Crippen LogP contribution < -0.4 is 0 Å². The zero-order valence-electron chi connectivity index (χ0n) is 9.02. The van der Waals surface area contributed by atoms with Gasteiger partial charge in [-0.1, -0.05) is 6.07 Å². The Hall–Kier alpha value is -2.31. The maximum atomic E-state index is 13.5. The molecule has 100 valence electrons. The minimum Gasteiger partial charge on any atom is -0.505 e. The SMILES string of the molecule is Oc1ccc(-c2c(F)c(F)c(O)c(F)c2F)cc1F. The van der Waals surface area contributed by atoms with E-state index in [0.29, 0.717) is 6.07 Å². The van der Waals surface area contributed by atoms with Crippen molar-refractivity contribution in [1.82, 2.24) is 0 Å². The third-order valence-electron chi connectivity index (χ3n) is 2.48. The Morgan fingerprint density at radius 3 is 1.74 bits per heavy atom. The highest BCUT2D eigenvalue weighted by Crippen LogP contribution is 2.36. The normalized spacial score (nSPS) is 10.8. The molecular weight excluding hydrogens is 271 g/mol. The average molecular weight is 276 g/mol. The van der Waals surface area contributed by atoms with Crippen molar-refractivity contribution in [3.05, 3.63) is 47.3 Å². The lowest BCUT2D eigenvalue weighted by molar-refractivity contribution is 0.358. The quantitative estimate of drug-likeness (QED) is 0.618. The molecular formula is C12H5F5O2. The lowest BCUT2D eigenvalue weighted by Crippen LogP contribution is -2.00. The van der Waals surface area contributed by atoms with Crippen molar-refractivity contribution in [2.75, 3.05) is 0 Å². The Morgan fingerprint density at radius 1 is 0.737 bits per heavy atom. The van der Waals surface area contributed by atoms with Gasteiger partial charge < -0.3 is 10.2 Å². The van der Waals surface area contributed by atoms with Gasteiger partial charge in [0.15, 0.2) is 29.0 Å². The number of aromatic hydroxyl groups is 2. The van der Waals surface area contributed by atoms with Gasteiger partial charge in [0, 0.05) is 0 Å². The summed E-state index contributed by atoms with van der Waals surface area (Å²) in [5, 5.41) is 17.7. The number of phenolic OH excluding ortho intramolecular Hbond substituents is 2. The summed E-state index contributed by atoms with van der Waals surface area (Å²) in [4.78, 5) is 0. The maximum absolute atomic E-state index is 13.5.